The number of rotatable bonds is 8. The molecule has 1 aromatic carbocycles. The minimum Gasteiger partial charge on any atom is -0.416 e. The van der Waals surface area contributed by atoms with Crippen molar-refractivity contribution in [1.29, 1.82) is 0 Å². The first-order valence-electron chi connectivity index (χ1n) is 10.4. The number of carbonyl (C=O) groups is 3. The molecule has 2 aromatic rings. The second-order valence-corrected chi connectivity index (χ2v) is 11.1. The predicted octanol–water partition coefficient (Wildman–Crippen LogP) is 1.03. The first-order valence-corrected chi connectivity index (χ1v) is 13.2. The smallest absolute Gasteiger partial charge is 0.344 e. The molecule has 2 saturated heterocycles. The van der Waals surface area contributed by atoms with Crippen molar-refractivity contribution < 1.29 is 27.2 Å². The zero-order valence-electron chi connectivity index (χ0n) is 17.8. The van der Waals surface area contributed by atoms with Gasteiger partial charge in [-0.1, -0.05) is 49.0 Å². The molecule has 1 aromatic heterocycles. The fourth-order valence-electron chi connectivity index (χ4n) is 3.98. The van der Waals surface area contributed by atoms with Crippen LogP contribution in [0, 0.1) is 5.92 Å². The molecule has 4 amide bonds. The molecule has 0 aliphatic carbocycles. The van der Waals surface area contributed by atoms with Gasteiger partial charge in [0.25, 0.3) is 11.1 Å². The van der Waals surface area contributed by atoms with Crippen molar-refractivity contribution >= 4 is 39.4 Å². The lowest BCUT2D eigenvalue weighted by Gasteiger charge is -2.25. The fourth-order valence-corrected chi connectivity index (χ4v) is 6.42. The number of imide groups is 1. The van der Waals surface area contributed by atoms with E-state index >= 15 is 0 Å². The topological polar surface area (TPSA) is 152 Å². The standard InChI is InChI=1S/C20H23N5O6S2/c1-2-20(14-6-4-3-5-7-14)17(27)25(18(28)21-20)24-15(26)11-32-19-23-22-16(31-19)10-13-8-9-33(29,30)12-13/h3-7,13H,2,8-12H2,1H3,(H,21,28)(H,24,26)/t13-,20-/m0/s1. The van der Waals surface area contributed by atoms with Gasteiger partial charge < -0.3 is 9.73 Å². The van der Waals surface area contributed by atoms with E-state index < -0.39 is 33.2 Å². The largest absolute Gasteiger partial charge is 0.416 e. The highest BCUT2D eigenvalue weighted by molar-refractivity contribution is 7.99. The Hall–Kier alpha value is -2.93. The normalized spacial score (nSPS) is 24.2. The maximum Gasteiger partial charge on any atom is 0.344 e. The molecule has 0 spiro atoms. The molecule has 4 rings (SSSR count). The van der Waals surface area contributed by atoms with Gasteiger partial charge in [0.15, 0.2) is 9.84 Å². The van der Waals surface area contributed by atoms with Gasteiger partial charge in [-0.3, -0.25) is 15.0 Å². The zero-order chi connectivity index (χ0) is 23.6. The van der Waals surface area contributed by atoms with E-state index in [1.54, 1.807) is 31.2 Å². The Morgan fingerprint density at radius 1 is 1.30 bits per heavy atom. The molecule has 0 bridgehead atoms. The number of nitrogens with one attached hydrogen (secondary N) is 2. The van der Waals surface area contributed by atoms with Crippen LogP contribution < -0.4 is 10.7 Å². The van der Waals surface area contributed by atoms with Crippen LogP contribution in [0.4, 0.5) is 4.79 Å². The summed E-state index contributed by atoms with van der Waals surface area (Å²) in [6, 6.07) is 8.14. The highest BCUT2D eigenvalue weighted by Crippen LogP contribution is 2.31. The third-order valence-corrected chi connectivity index (χ3v) is 8.35. The van der Waals surface area contributed by atoms with E-state index in [1.165, 1.54) is 0 Å². The van der Waals surface area contributed by atoms with Crippen LogP contribution in [0.25, 0.3) is 0 Å². The summed E-state index contributed by atoms with van der Waals surface area (Å²) in [5.74, 6) is -0.796. The fraction of sp³-hybridized carbons (Fsp3) is 0.450. The molecule has 2 fully saturated rings. The molecule has 2 atom stereocenters. The van der Waals surface area contributed by atoms with Gasteiger partial charge in [0.2, 0.25) is 11.8 Å². The third-order valence-electron chi connectivity index (χ3n) is 5.69. The average molecular weight is 494 g/mol. The Morgan fingerprint density at radius 3 is 2.73 bits per heavy atom. The highest BCUT2D eigenvalue weighted by Gasteiger charge is 2.52. The van der Waals surface area contributed by atoms with E-state index in [-0.39, 0.29) is 28.4 Å². The predicted molar refractivity (Wildman–Crippen MR) is 117 cm³/mol. The summed E-state index contributed by atoms with van der Waals surface area (Å²) in [6.07, 6.45) is 1.24. The molecule has 11 nitrogen and oxygen atoms in total. The lowest BCUT2D eigenvalue weighted by molar-refractivity contribution is -0.138. The maximum absolute atomic E-state index is 13.0. The number of nitrogens with zero attached hydrogens (tertiary/aromatic N) is 3. The Kier molecular flexibility index (Phi) is 6.43. The second-order valence-electron chi connectivity index (χ2n) is 7.95. The molecular weight excluding hydrogens is 470 g/mol. The van der Waals surface area contributed by atoms with Gasteiger partial charge in [0.05, 0.1) is 17.3 Å². The van der Waals surface area contributed by atoms with E-state index in [1.807, 2.05) is 6.07 Å². The number of urea groups is 1. The number of carbonyl (C=O) groups excluding carboxylic acids is 3. The minimum atomic E-state index is -2.99. The lowest BCUT2D eigenvalue weighted by atomic mass is 9.87. The van der Waals surface area contributed by atoms with Crippen molar-refractivity contribution in [1.82, 2.24) is 25.9 Å². The lowest BCUT2D eigenvalue weighted by Crippen LogP contribution is -2.49. The van der Waals surface area contributed by atoms with Gasteiger partial charge in [-0.15, -0.1) is 10.2 Å². The molecular formula is C20H23N5O6S2. The van der Waals surface area contributed by atoms with Crippen LogP contribution >= 0.6 is 11.8 Å². The number of amides is 4. The van der Waals surface area contributed by atoms with Crippen molar-refractivity contribution in [2.45, 2.75) is 36.9 Å². The number of sulfone groups is 1. The Labute approximate surface area is 194 Å². The van der Waals surface area contributed by atoms with Crippen molar-refractivity contribution in [2.75, 3.05) is 17.3 Å². The van der Waals surface area contributed by atoms with Crippen LogP contribution in [0.3, 0.4) is 0 Å². The van der Waals surface area contributed by atoms with Crippen molar-refractivity contribution in [3.05, 3.63) is 41.8 Å². The molecule has 2 aliphatic heterocycles. The van der Waals surface area contributed by atoms with Crippen LogP contribution in [0.5, 0.6) is 0 Å². The van der Waals surface area contributed by atoms with E-state index in [2.05, 4.69) is 20.9 Å². The number of hydrogen-bond acceptors (Lipinski definition) is 9. The van der Waals surface area contributed by atoms with Crippen LogP contribution in [-0.4, -0.2) is 58.7 Å². The van der Waals surface area contributed by atoms with Crippen LogP contribution in [0.1, 0.15) is 31.2 Å². The summed E-state index contributed by atoms with van der Waals surface area (Å²) >= 11 is 0.955. The quantitative estimate of drug-likeness (QED) is 0.406. The summed E-state index contributed by atoms with van der Waals surface area (Å²) < 4.78 is 28.6. The van der Waals surface area contributed by atoms with E-state index in [0.717, 1.165) is 11.8 Å². The third kappa shape index (κ3) is 4.88. The van der Waals surface area contributed by atoms with Gasteiger partial charge in [-0.2, -0.15) is 5.01 Å². The number of hydrazine groups is 1. The number of benzene rings is 1. The molecule has 2 N–H and O–H groups in total. The number of aromatic nitrogens is 2. The minimum absolute atomic E-state index is 0.0558. The Balaban J connectivity index is 1.33. The van der Waals surface area contributed by atoms with Gasteiger partial charge in [-0.05, 0) is 24.3 Å². The van der Waals surface area contributed by atoms with Crippen molar-refractivity contribution in [2.24, 2.45) is 5.92 Å². The maximum atomic E-state index is 13.0. The van der Waals surface area contributed by atoms with Crippen molar-refractivity contribution in [3.63, 3.8) is 0 Å². The second kappa shape index (κ2) is 9.14. The summed E-state index contributed by atoms with van der Waals surface area (Å²) in [7, 11) is -2.99. The number of thioether (sulfide) groups is 1. The first-order chi connectivity index (χ1) is 15.7. The summed E-state index contributed by atoms with van der Waals surface area (Å²) in [5, 5.41) is 11.3. The SMILES string of the molecule is CC[C@@]1(c2ccccc2)NC(=O)N(NC(=O)CSc2nnc(C[C@@H]3CCS(=O)(=O)C3)o2)C1=O. The summed E-state index contributed by atoms with van der Waals surface area (Å²) in [5.41, 5.74) is 1.73. The first kappa shape index (κ1) is 23.2. The summed E-state index contributed by atoms with van der Waals surface area (Å²) in [4.78, 5) is 37.9. The van der Waals surface area contributed by atoms with Gasteiger partial charge in [0, 0.05) is 6.42 Å². The van der Waals surface area contributed by atoms with E-state index in [4.69, 9.17) is 4.42 Å². The summed E-state index contributed by atoms with van der Waals surface area (Å²) in [6.45, 7) is 1.78. The molecule has 13 heteroatoms. The highest BCUT2D eigenvalue weighted by atomic mass is 32.2. The molecule has 0 radical (unpaired) electrons. The molecule has 0 saturated carbocycles. The molecule has 176 valence electrons. The van der Waals surface area contributed by atoms with Crippen LogP contribution in [0.2, 0.25) is 0 Å². The Morgan fingerprint density at radius 2 is 2.06 bits per heavy atom. The van der Waals surface area contributed by atoms with Gasteiger partial charge in [-0.25, -0.2) is 13.2 Å². The number of hydrogen-bond donors (Lipinski definition) is 2. The molecule has 2 aliphatic rings. The van der Waals surface area contributed by atoms with Gasteiger partial charge >= 0.3 is 6.03 Å². The van der Waals surface area contributed by atoms with Crippen LogP contribution in [0.15, 0.2) is 40.0 Å². The monoisotopic (exact) mass is 493 g/mol. The van der Waals surface area contributed by atoms with Crippen molar-refractivity contribution in [3.8, 4) is 0 Å². The Bertz CT molecular complexity index is 1170. The van der Waals surface area contributed by atoms with Crippen LogP contribution in [-0.2, 0) is 31.4 Å². The van der Waals surface area contributed by atoms with Gasteiger partial charge in [0.1, 0.15) is 5.54 Å². The van der Waals surface area contributed by atoms with E-state index in [0.29, 0.717) is 35.7 Å². The molecule has 0 unspecified atom stereocenters. The molecule has 3 heterocycles. The van der Waals surface area contributed by atoms with E-state index in [9.17, 15) is 22.8 Å². The average Bonchev–Trinajstić information content (AvgIpc) is 3.45. The molecule has 33 heavy (non-hydrogen) atoms. The zero-order valence-corrected chi connectivity index (χ0v) is 19.4.